The summed E-state index contributed by atoms with van der Waals surface area (Å²) < 4.78 is 26.2. The fourth-order valence-corrected chi connectivity index (χ4v) is 1.12. The van der Waals surface area contributed by atoms with Gasteiger partial charge in [0.2, 0.25) is 0 Å². The van der Waals surface area contributed by atoms with Gasteiger partial charge in [0.1, 0.15) is 17.4 Å². The summed E-state index contributed by atoms with van der Waals surface area (Å²) in [5, 5.41) is 18.2. The number of phenols is 1. The Kier molecular flexibility index (Phi) is 3.03. The highest BCUT2D eigenvalue weighted by atomic mass is 19.1. The Bertz CT molecular complexity index is 319. The minimum atomic E-state index is -1.42. The second-order valence-electron chi connectivity index (χ2n) is 3.13. The normalized spacial score (nSPS) is 15.2. The summed E-state index contributed by atoms with van der Waals surface area (Å²) in [6, 6.07) is 0.664. The Morgan fingerprint density at radius 1 is 1.29 bits per heavy atom. The number of aromatic hydroxyl groups is 1. The molecule has 0 aliphatic heterocycles. The molecule has 14 heavy (non-hydrogen) atoms. The van der Waals surface area contributed by atoms with Gasteiger partial charge < -0.3 is 15.9 Å². The molecule has 0 fully saturated rings. The van der Waals surface area contributed by atoms with E-state index in [1.807, 2.05) is 0 Å². The molecule has 1 rings (SSSR count). The molecule has 78 valence electrons. The van der Waals surface area contributed by atoms with Crippen LogP contribution >= 0.6 is 0 Å². The summed E-state index contributed by atoms with van der Waals surface area (Å²) in [5.74, 6) is -2.54. The van der Waals surface area contributed by atoms with Crippen molar-refractivity contribution < 1.29 is 19.0 Å². The third-order valence-electron chi connectivity index (χ3n) is 1.86. The fraction of sp³-hybridized carbons (Fsp3) is 0.333. The van der Waals surface area contributed by atoms with E-state index in [9.17, 15) is 13.9 Å². The van der Waals surface area contributed by atoms with Crippen LogP contribution in [0.3, 0.4) is 0 Å². The van der Waals surface area contributed by atoms with E-state index >= 15 is 0 Å². The molecule has 3 nitrogen and oxygen atoms in total. The average molecular weight is 203 g/mol. The first-order chi connectivity index (χ1) is 6.43. The van der Waals surface area contributed by atoms with Crippen LogP contribution in [0.1, 0.15) is 18.6 Å². The summed E-state index contributed by atoms with van der Waals surface area (Å²) in [5.41, 5.74) is 4.78. The molecule has 0 amide bonds. The SMILES string of the molecule is CC(N)C(O)c1c(F)cc(O)cc1F. The molecule has 2 atom stereocenters. The van der Waals surface area contributed by atoms with Crippen LogP contribution in [0.15, 0.2) is 12.1 Å². The highest BCUT2D eigenvalue weighted by Crippen LogP contribution is 2.26. The van der Waals surface area contributed by atoms with E-state index in [0.717, 1.165) is 12.1 Å². The van der Waals surface area contributed by atoms with Gasteiger partial charge in [0.15, 0.2) is 0 Å². The third-order valence-corrected chi connectivity index (χ3v) is 1.86. The highest BCUT2D eigenvalue weighted by Gasteiger charge is 2.21. The zero-order chi connectivity index (χ0) is 10.9. The number of aliphatic hydroxyl groups excluding tert-OH is 1. The van der Waals surface area contributed by atoms with Crippen LogP contribution in [0.25, 0.3) is 0 Å². The molecule has 0 aromatic heterocycles. The second-order valence-corrected chi connectivity index (χ2v) is 3.13. The lowest BCUT2D eigenvalue weighted by Crippen LogP contribution is -2.26. The number of hydrogen-bond donors (Lipinski definition) is 3. The Balaban J connectivity index is 3.20. The zero-order valence-corrected chi connectivity index (χ0v) is 7.54. The zero-order valence-electron chi connectivity index (χ0n) is 7.54. The first kappa shape index (κ1) is 10.9. The number of aliphatic hydroxyl groups is 1. The van der Waals surface area contributed by atoms with Crippen molar-refractivity contribution in [1.29, 1.82) is 0 Å². The van der Waals surface area contributed by atoms with Crippen LogP contribution in [0.4, 0.5) is 8.78 Å². The number of halogens is 2. The average Bonchev–Trinajstić information content (AvgIpc) is 2.01. The maximum Gasteiger partial charge on any atom is 0.135 e. The Morgan fingerprint density at radius 3 is 2.07 bits per heavy atom. The van der Waals surface area contributed by atoms with Gasteiger partial charge in [0.05, 0.1) is 11.7 Å². The number of nitrogens with two attached hydrogens (primary N) is 1. The summed E-state index contributed by atoms with van der Waals surface area (Å²) >= 11 is 0. The van der Waals surface area contributed by atoms with Crippen molar-refractivity contribution in [2.75, 3.05) is 0 Å². The van der Waals surface area contributed by atoms with Gasteiger partial charge in [-0.25, -0.2) is 8.78 Å². The van der Waals surface area contributed by atoms with Gasteiger partial charge in [-0.1, -0.05) is 0 Å². The van der Waals surface area contributed by atoms with Crippen molar-refractivity contribution in [2.24, 2.45) is 5.73 Å². The molecule has 0 saturated heterocycles. The van der Waals surface area contributed by atoms with E-state index in [2.05, 4.69) is 0 Å². The van der Waals surface area contributed by atoms with Crippen molar-refractivity contribution >= 4 is 0 Å². The topological polar surface area (TPSA) is 66.5 Å². The van der Waals surface area contributed by atoms with Crippen molar-refractivity contribution in [3.8, 4) is 5.75 Å². The molecule has 0 aliphatic rings. The lowest BCUT2D eigenvalue weighted by molar-refractivity contribution is 0.144. The lowest BCUT2D eigenvalue weighted by atomic mass is 10.0. The molecule has 5 heteroatoms. The van der Waals surface area contributed by atoms with Crippen LogP contribution in [0.2, 0.25) is 0 Å². The number of phenolic OH excluding ortho intramolecular Hbond substituents is 1. The molecule has 2 unspecified atom stereocenters. The molecule has 1 aromatic rings. The minimum Gasteiger partial charge on any atom is -0.508 e. The van der Waals surface area contributed by atoms with E-state index in [0.29, 0.717) is 0 Å². The van der Waals surface area contributed by atoms with E-state index in [1.54, 1.807) is 0 Å². The molecule has 0 heterocycles. The van der Waals surface area contributed by atoms with Crippen LogP contribution in [0.5, 0.6) is 5.75 Å². The summed E-state index contributed by atoms with van der Waals surface area (Å²) in [7, 11) is 0. The molecule has 0 saturated carbocycles. The predicted molar refractivity (Wildman–Crippen MR) is 46.6 cm³/mol. The van der Waals surface area contributed by atoms with Gasteiger partial charge in [-0.05, 0) is 6.92 Å². The van der Waals surface area contributed by atoms with Crippen LogP contribution in [-0.2, 0) is 0 Å². The Labute approximate surface area is 79.8 Å². The predicted octanol–water partition coefficient (Wildman–Crippen LogP) is 1.05. The first-order valence-electron chi connectivity index (χ1n) is 4.05. The fourth-order valence-electron chi connectivity index (χ4n) is 1.12. The van der Waals surface area contributed by atoms with Crippen LogP contribution < -0.4 is 5.73 Å². The van der Waals surface area contributed by atoms with Crippen molar-refractivity contribution in [1.82, 2.24) is 0 Å². The molecule has 0 aliphatic carbocycles. The monoisotopic (exact) mass is 203 g/mol. The second kappa shape index (κ2) is 3.89. The molecule has 4 N–H and O–H groups in total. The number of rotatable bonds is 2. The maximum atomic E-state index is 13.1. The summed E-state index contributed by atoms with van der Waals surface area (Å²) in [4.78, 5) is 0. The largest absolute Gasteiger partial charge is 0.508 e. The van der Waals surface area contributed by atoms with E-state index in [1.165, 1.54) is 6.92 Å². The molecule has 0 spiro atoms. The molecule has 0 radical (unpaired) electrons. The van der Waals surface area contributed by atoms with Gasteiger partial charge in [-0.3, -0.25) is 0 Å². The van der Waals surface area contributed by atoms with Crippen molar-refractivity contribution in [3.05, 3.63) is 29.3 Å². The van der Waals surface area contributed by atoms with Crippen molar-refractivity contribution in [3.63, 3.8) is 0 Å². The summed E-state index contributed by atoms with van der Waals surface area (Å²) in [6.07, 6.45) is -1.42. The molecular weight excluding hydrogens is 192 g/mol. The van der Waals surface area contributed by atoms with Crippen LogP contribution in [0, 0.1) is 11.6 Å². The van der Waals surface area contributed by atoms with Crippen LogP contribution in [-0.4, -0.2) is 16.3 Å². The molecule has 0 bridgehead atoms. The van der Waals surface area contributed by atoms with Gasteiger partial charge in [-0.15, -0.1) is 0 Å². The lowest BCUT2D eigenvalue weighted by Gasteiger charge is -2.16. The van der Waals surface area contributed by atoms with Gasteiger partial charge in [0.25, 0.3) is 0 Å². The minimum absolute atomic E-state index is 0.516. The molecule has 1 aromatic carbocycles. The quantitative estimate of drug-likeness (QED) is 0.673. The smallest absolute Gasteiger partial charge is 0.135 e. The van der Waals surface area contributed by atoms with Gasteiger partial charge >= 0.3 is 0 Å². The standard InChI is InChI=1S/C9H11F2NO2/c1-4(12)9(14)8-6(10)2-5(13)3-7(8)11/h2-4,9,13-14H,12H2,1H3. The van der Waals surface area contributed by atoms with Gasteiger partial charge in [-0.2, -0.15) is 0 Å². The van der Waals surface area contributed by atoms with E-state index in [4.69, 9.17) is 10.8 Å². The third kappa shape index (κ3) is 2.00. The van der Waals surface area contributed by atoms with E-state index < -0.39 is 35.1 Å². The van der Waals surface area contributed by atoms with Crippen molar-refractivity contribution in [2.45, 2.75) is 19.1 Å². The maximum absolute atomic E-state index is 13.1. The van der Waals surface area contributed by atoms with Gasteiger partial charge in [0, 0.05) is 18.2 Å². The van der Waals surface area contributed by atoms with E-state index in [-0.39, 0.29) is 0 Å². The Morgan fingerprint density at radius 2 is 1.71 bits per heavy atom. The summed E-state index contributed by atoms with van der Waals surface area (Å²) in [6.45, 7) is 1.43. The number of benzene rings is 1. The number of hydrogen-bond acceptors (Lipinski definition) is 3. The first-order valence-corrected chi connectivity index (χ1v) is 4.05. The highest BCUT2D eigenvalue weighted by molar-refractivity contribution is 5.31. The molecular formula is C9H11F2NO2. The Hall–Kier alpha value is -1.20.